The monoisotopic (exact) mass is 566 g/mol. The number of halogens is 1. The molecule has 9 heteroatoms. The van der Waals surface area contributed by atoms with E-state index in [0.717, 1.165) is 4.90 Å². The summed E-state index contributed by atoms with van der Waals surface area (Å²) in [6.45, 7) is 0.765. The lowest BCUT2D eigenvalue weighted by Gasteiger charge is -2.33. The van der Waals surface area contributed by atoms with Gasteiger partial charge in [-0.15, -0.1) is 0 Å². The summed E-state index contributed by atoms with van der Waals surface area (Å²) in [4.78, 5) is 58.3. The van der Waals surface area contributed by atoms with Gasteiger partial charge in [-0.05, 0) is 42.5 Å². The zero-order chi connectivity index (χ0) is 28.2. The van der Waals surface area contributed by atoms with Gasteiger partial charge in [-0.3, -0.25) is 19.2 Å². The van der Waals surface area contributed by atoms with Crippen LogP contribution in [0.5, 0.6) is 11.5 Å². The van der Waals surface area contributed by atoms with Crippen LogP contribution in [0.1, 0.15) is 20.7 Å². The van der Waals surface area contributed by atoms with Crippen molar-refractivity contribution >= 4 is 40.7 Å². The molecule has 0 saturated carbocycles. The van der Waals surface area contributed by atoms with E-state index in [2.05, 4.69) is 0 Å². The number of nitrogens with zero attached hydrogens (tertiary/aromatic N) is 2. The maximum absolute atomic E-state index is 14.1. The fourth-order valence-corrected chi connectivity index (χ4v) is 6.29. The molecule has 0 N–H and O–H groups in total. The van der Waals surface area contributed by atoms with E-state index < -0.39 is 35.7 Å². The molecule has 0 unspecified atom stereocenters. The van der Waals surface area contributed by atoms with Crippen molar-refractivity contribution in [3.8, 4) is 11.5 Å². The summed E-state index contributed by atoms with van der Waals surface area (Å²) in [6, 6.07) is 18.6. The predicted octanol–water partition coefficient (Wildman–Crippen LogP) is 4.49. The Hall–Kier alpha value is -4.69. The van der Waals surface area contributed by atoms with Gasteiger partial charge >= 0.3 is 0 Å². The highest BCUT2D eigenvalue weighted by molar-refractivity contribution is 6.30. The third-order valence-corrected chi connectivity index (χ3v) is 8.28. The molecule has 204 valence electrons. The number of anilines is 1. The van der Waals surface area contributed by atoms with Crippen LogP contribution in [0.15, 0.2) is 96.7 Å². The Morgan fingerprint density at radius 3 is 2.27 bits per heavy atom. The summed E-state index contributed by atoms with van der Waals surface area (Å²) in [6.07, 6.45) is 5.01. The third kappa shape index (κ3) is 4.05. The van der Waals surface area contributed by atoms with Gasteiger partial charge in [0.2, 0.25) is 11.8 Å². The van der Waals surface area contributed by atoms with Gasteiger partial charge < -0.3 is 14.4 Å². The van der Waals surface area contributed by atoms with Crippen LogP contribution in [0.2, 0.25) is 5.02 Å². The van der Waals surface area contributed by atoms with E-state index in [1.54, 1.807) is 90.0 Å². The van der Waals surface area contributed by atoms with Gasteiger partial charge in [-0.25, -0.2) is 4.90 Å². The predicted molar refractivity (Wildman–Crippen MR) is 150 cm³/mol. The molecule has 4 atom stereocenters. The molecule has 2 fully saturated rings. The number of amides is 2. The van der Waals surface area contributed by atoms with Gasteiger partial charge in [-0.2, -0.15) is 0 Å². The molecule has 41 heavy (non-hydrogen) atoms. The maximum atomic E-state index is 14.1. The lowest BCUT2D eigenvalue weighted by Crippen LogP contribution is -2.46. The van der Waals surface area contributed by atoms with Crippen molar-refractivity contribution in [3.05, 3.63) is 113 Å². The van der Waals surface area contributed by atoms with Crippen LogP contribution in [-0.4, -0.2) is 53.6 Å². The molecule has 2 amide bonds. The highest BCUT2D eigenvalue weighted by Gasteiger charge is 2.63. The van der Waals surface area contributed by atoms with Crippen LogP contribution in [-0.2, 0) is 9.59 Å². The number of hydrogen-bond acceptors (Lipinski definition) is 7. The number of allylic oxidation sites excluding steroid dienone is 2. The normalized spacial score (nSPS) is 24.2. The minimum atomic E-state index is -0.962. The fraction of sp³-hybridized carbons (Fsp3) is 0.188. The first-order chi connectivity index (χ1) is 19.9. The zero-order valence-electron chi connectivity index (χ0n) is 21.6. The number of carbonyl (C=O) groups excluding carboxylic acids is 4. The van der Waals surface area contributed by atoms with Crippen LogP contribution in [0.4, 0.5) is 5.69 Å². The third-order valence-electron chi connectivity index (χ3n) is 8.03. The number of imide groups is 1. The molecule has 0 spiro atoms. The van der Waals surface area contributed by atoms with E-state index in [4.69, 9.17) is 21.1 Å². The Kier molecular flexibility index (Phi) is 6.01. The molecule has 4 aliphatic heterocycles. The van der Waals surface area contributed by atoms with E-state index in [1.807, 2.05) is 6.07 Å². The van der Waals surface area contributed by atoms with Crippen molar-refractivity contribution in [1.82, 2.24) is 4.90 Å². The van der Waals surface area contributed by atoms with Gasteiger partial charge in [0.05, 0.1) is 23.6 Å². The lowest BCUT2D eigenvalue weighted by molar-refractivity contribution is -0.123. The van der Waals surface area contributed by atoms with Crippen LogP contribution in [0.3, 0.4) is 0 Å². The molecule has 0 bridgehead atoms. The van der Waals surface area contributed by atoms with Crippen LogP contribution < -0.4 is 14.4 Å². The average molecular weight is 567 g/mol. The van der Waals surface area contributed by atoms with E-state index in [-0.39, 0.29) is 11.6 Å². The Bertz CT molecular complexity index is 1670. The Balaban J connectivity index is 1.30. The number of ketones is 2. The highest BCUT2D eigenvalue weighted by Crippen LogP contribution is 2.48. The summed E-state index contributed by atoms with van der Waals surface area (Å²) in [5, 5.41) is 0.477. The molecule has 3 aromatic carbocycles. The van der Waals surface area contributed by atoms with Crippen molar-refractivity contribution < 1.29 is 28.7 Å². The molecule has 0 radical (unpaired) electrons. The minimum absolute atomic E-state index is 0.203. The standard InChI is InChI=1S/C32H23ClN2O6/c33-21-8-6-19(7-9-21)30(37)28-27-26(23-16-20(12-13-34(23)28)29(36)18-4-2-1-3-5-18)31(38)35(32(27)39)22-10-11-24-25(17-22)41-15-14-40-24/h1-13,16-17,23,26-28H,14-15H2/t23-,26-,27+,28-/m1/s1. The van der Waals surface area contributed by atoms with E-state index >= 15 is 0 Å². The fourth-order valence-electron chi connectivity index (χ4n) is 6.16. The van der Waals surface area contributed by atoms with Crippen molar-refractivity contribution in [2.24, 2.45) is 11.8 Å². The highest BCUT2D eigenvalue weighted by atomic mass is 35.5. The van der Waals surface area contributed by atoms with Crippen molar-refractivity contribution in [2.75, 3.05) is 18.1 Å². The number of fused-ring (bicyclic) bond motifs is 4. The molecule has 3 aromatic rings. The topological polar surface area (TPSA) is 93.2 Å². The molecule has 4 aliphatic rings. The van der Waals surface area contributed by atoms with Gasteiger partial charge in [0.1, 0.15) is 19.3 Å². The Labute approximate surface area is 240 Å². The number of hydrogen-bond donors (Lipinski definition) is 0. The summed E-state index contributed by atoms with van der Waals surface area (Å²) < 4.78 is 11.3. The molecular formula is C32H23ClN2O6. The number of ether oxygens (including phenoxy) is 2. The molecule has 8 nitrogen and oxygen atoms in total. The first kappa shape index (κ1) is 25.3. The van der Waals surface area contributed by atoms with Gasteiger partial charge in [-0.1, -0.05) is 48.0 Å². The molecule has 4 heterocycles. The van der Waals surface area contributed by atoms with Gasteiger partial charge in [0.25, 0.3) is 0 Å². The quantitative estimate of drug-likeness (QED) is 0.332. The Morgan fingerprint density at radius 1 is 0.805 bits per heavy atom. The maximum Gasteiger partial charge on any atom is 0.240 e. The molecular weight excluding hydrogens is 544 g/mol. The second-order valence-electron chi connectivity index (χ2n) is 10.3. The molecule has 0 aliphatic carbocycles. The molecule has 0 aromatic heterocycles. The Morgan fingerprint density at radius 2 is 1.51 bits per heavy atom. The van der Waals surface area contributed by atoms with Crippen molar-refractivity contribution in [3.63, 3.8) is 0 Å². The summed E-state index contributed by atoms with van der Waals surface area (Å²) in [5.41, 5.74) is 1.62. The average Bonchev–Trinajstić information content (AvgIpc) is 3.48. The second-order valence-corrected chi connectivity index (χ2v) is 10.7. The largest absolute Gasteiger partial charge is 0.486 e. The molecule has 2 saturated heterocycles. The summed E-state index contributed by atoms with van der Waals surface area (Å²) >= 11 is 6.05. The number of Topliss-reactive ketones (excluding diaryl/α,β-unsaturated/α-hetero) is 2. The van der Waals surface area contributed by atoms with Crippen LogP contribution in [0.25, 0.3) is 0 Å². The second kappa shape index (κ2) is 9.74. The summed E-state index contributed by atoms with van der Waals surface area (Å²) in [5.74, 6) is -2.28. The number of carbonyl (C=O) groups is 4. The number of rotatable bonds is 5. The zero-order valence-corrected chi connectivity index (χ0v) is 22.4. The molecule has 7 rings (SSSR count). The first-order valence-corrected chi connectivity index (χ1v) is 13.6. The van der Waals surface area contributed by atoms with Crippen molar-refractivity contribution in [1.29, 1.82) is 0 Å². The van der Waals surface area contributed by atoms with Crippen molar-refractivity contribution in [2.45, 2.75) is 12.1 Å². The minimum Gasteiger partial charge on any atom is -0.486 e. The SMILES string of the molecule is O=C(C1=C[C@@H]2[C@H]3C(=O)N(c4ccc5c(c4)OCCO5)C(=O)[C@@H]3[C@H](C(=O)c3ccc(Cl)cc3)N2C=C1)c1ccccc1. The first-order valence-electron chi connectivity index (χ1n) is 13.3. The number of benzene rings is 3. The van der Waals surface area contributed by atoms with E-state index in [9.17, 15) is 19.2 Å². The summed E-state index contributed by atoms with van der Waals surface area (Å²) in [7, 11) is 0. The van der Waals surface area contributed by atoms with E-state index in [1.165, 1.54) is 0 Å². The van der Waals surface area contributed by atoms with Crippen LogP contribution >= 0.6 is 11.6 Å². The van der Waals surface area contributed by atoms with E-state index in [0.29, 0.717) is 52.1 Å². The van der Waals surface area contributed by atoms with Gasteiger partial charge in [0, 0.05) is 34.0 Å². The van der Waals surface area contributed by atoms with Crippen LogP contribution in [0, 0.1) is 11.8 Å². The smallest absolute Gasteiger partial charge is 0.240 e. The lowest BCUT2D eigenvalue weighted by atomic mass is 9.85. The van der Waals surface area contributed by atoms with Gasteiger partial charge in [0.15, 0.2) is 23.1 Å².